The third-order valence-electron chi connectivity index (χ3n) is 2.75. The number of halogens is 1. The van der Waals surface area contributed by atoms with Crippen LogP contribution in [0.5, 0.6) is 0 Å². The van der Waals surface area contributed by atoms with Gasteiger partial charge in [-0.15, -0.1) is 11.8 Å². The summed E-state index contributed by atoms with van der Waals surface area (Å²) in [5, 5.41) is 3.31. The maximum atomic E-state index is 4.39. The van der Waals surface area contributed by atoms with E-state index in [-0.39, 0.29) is 6.04 Å². The van der Waals surface area contributed by atoms with Gasteiger partial charge in [-0.05, 0) is 31.3 Å². The van der Waals surface area contributed by atoms with Crippen molar-refractivity contribution in [1.82, 2.24) is 14.9 Å². The van der Waals surface area contributed by atoms with Gasteiger partial charge in [0.15, 0.2) is 0 Å². The summed E-state index contributed by atoms with van der Waals surface area (Å²) in [5.74, 6) is 2.03. The predicted molar refractivity (Wildman–Crippen MR) is 79.9 cm³/mol. The average molecular weight is 326 g/mol. The highest BCUT2D eigenvalue weighted by molar-refractivity contribution is 9.10. The van der Waals surface area contributed by atoms with Crippen LogP contribution in [0.3, 0.4) is 0 Å². The lowest BCUT2D eigenvalue weighted by Gasteiger charge is -2.15. The Labute approximate surface area is 120 Å². The summed E-state index contributed by atoms with van der Waals surface area (Å²) in [4.78, 5) is 5.66. The summed E-state index contributed by atoms with van der Waals surface area (Å²) in [6.45, 7) is 0. The highest BCUT2D eigenvalue weighted by Gasteiger charge is 2.13. The molecule has 96 valence electrons. The van der Waals surface area contributed by atoms with Crippen molar-refractivity contribution in [2.45, 2.75) is 10.9 Å². The van der Waals surface area contributed by atoms with Gasteiger partial charge < -0.3 is 9.88 Å². The van der Waals surface area contributed by atoms with Crippen LogP contribution >= 0.6 is 27.7 Å². The Morgan fingerprint density at radius 2 is 2.11 bits per heavy atom. The van der Waals surface area contributed by atoms with Gasteiger partial charge in [-0.2, -0.15) is 0 Å². The molecule has 2 aromatic rings. The molecular formula is C13H16BrN3S. The zero-order valence-electron chi connectivity index (χ0n) is 10.4. The van der Waals surface area contributed by atoms with Crippen molar-refractivity contribution >= 4 is 27.7 Å². The predicted octanol–water partition coefficient (Wildman–Crippen LogP) is 3.24. The molecule has 1 aromatic carbocycles. The zero-order valence-corrected chi connectivity index (χ0v) is 12.8. The van der Waals surface area contributed by atoms with E-state index in [0.29, 0.717) is 0 Å². The lowest BCUT2D eigenvalue weighted by Crippen LogP contribution is -2.22. The summed E-state index contributed by atoms with van der Waals surface area (Å²) in [6.07, 6.45) is 3.81. The Kier molecular flexibility index (Phi) is 4.86. The molecule has 0 saturated heterocycles. The van der Waals surface area contributed by atoms with E-state index in [1.54, 1.807) is 0 Å². The first-order chi connectivity index (χ1) is 8.70. The molecule has 1 atom stereocenters. The quantitative estimate of drug-likeness (QED) is 0.856. The fourth-order valence-corrected chi connectivity index (χ4v) is 2.98. The van der Waals surface area contributed by atoms with Gasteiger partial charge in [0.2, 0.25) is 0 Å². The van der Waals surface area contributed by atoms with E-state index in [4.69, 9.17) is 0 Å². The van der Waals surface area contributed by atoms with Crippen molar-refractivity contribution in [1.29, 1.82) is 0 Å². The number of hydrogen-bond acceptors (Lipinski definition) is 3. The Balaban J connectivity index is 2.00. The molecule has 1 aromatic heterocycles. The highest BCUT2D eigenvalue weighted by atomic mass is 79.9. The molecular weight excluding hydrogens is 310 g/mol. The van der Waals surface area contributed by atoms with Crippen molar-refractivity contribution in [3.8, 4) is 0 Å². The summed E-state index contributed by atoms with van der Waals surface area (Å²) >= 11 is 5.28. The molecule has 0 radical (unpaired) electrons. The number of rotatable bonds is 5. The Hall–Kier alpha value is -0.780. The second-order valence-corrected chi connectivity index (χ2v) is 6.01. The number of aryl methyl sites for hydroxylation is 1. The molecule has 1 heterocycles. The fourth-order valence-electron chi connectivity index (χ4n) is 1.71. The van der Waals surface area contributed by atoms with E-state index in [1.165, 1.54) is 4.90 Å². The van der Waals surface area contributed by atoms with Crippen molar-refractivity contribution in [3.05, 3.63) is 47.0 Å². The van der Waals surface area contributed by atoms with Crippen LogP contribution in [0, 0.1) is 0 Å². The molecule has 0 aliphatic carbocycles. The molecule has 18 heavy (non-hydrogen) atoms. The third-order valence-corrected chi connectivity index (χ3v) is 4.38. The molecule has 0 saturated carbocycles. The van der Waals surface area contributed by atoms with Gasteiger partial charge >= 0.3 is 0 Å². The average Bonchev–Trinajstić information content (AvgIpc) is 2.79. The van der Waals surface area contributed by atoms with Gasteiger partial charge in [0.25, 0.3) is 0 Å². The first-order valence-electron chi connectivity index (χ1n) is 5.73. The summed E-state index contributed by atoms with van der Waals surface area (Å²) in [6, 6.07) is 8.65. The second kappa shape index (κ2) is 6.41. The smallest absolute Gasteiger partial charge is 0.126 e. The largest absolute Gasteiger partial charge is 0.337 e. The molecule has 0 spiro atoms. The number of nitrogens with zero attached hydrogens (tertiary/aromatic N) is 2. The maximum absolute atomic E-state index is 4.39. The molecule has 0 aliphatic rings. The van der Waals surface area contributed by atoms with Gasteiger partial charge in [-0.1, -0.05) is 15.9 Å². The molecule has 1 unspecified atom stereocenters. The first-order valence-corrected chi connectivity index (χ1v) is 7.51. The lowest BCUT2D eigenvalue weighted by atomic mass is 10.3. The molecule has 5 heteroatoms. The van der Waals surface area contributed by atoms with Crippen LogP contribution < -0.4 is 5.32 Å². The van der Waals surface area contributed by atoms with Crippen LogP contribution in [0.2, 0.25) is 0 Å². The minimum atomic E-state index is 0.263. The number of aromatic nitrogens is 2. The van der Waals surface area contributed by atoms with Gasteiger partial charge in [0.05, 0.1) is 6.04 Å². The number of hydrogen-bond donors (Lipinski definition) is 1. The third kappa shape index (κ3) is 3.37. The van der Waals surface area contributed by atoms with Crippen LogP contribution in [-0.2, 0) is 7.05 Å². The van der Waals surface area contributed by atoms with E-state index < -0.39 is 0 Å². The fraction of sp³-hybridized carbons (Fsp3) is 0.308. The van der Waals surface area contributed by atoms with E-state index in [0.717, 1.165) is 16.0 Å². The SMILES string of the molecule is CNC(CSc1ccc(Br)cc1)c1nccn1C. The van der Waals surface area contributed by atoms with Crippen LogP contribution in [0.4, 0.5) is 0 Å². The Morgan fingerprint density at radius 1 is 1.39 bits per heavy atom. The number of benzene rings is 1. The molecule has 0 bridgehead atoms. The topological polar surface area (TPSA) is 29.9 Å². The standard InChI is InChI=1S/C13H16BrN3S/c1-15-12(13-16-7-8-17(13)2)9-18-11-5-3-10(14)4-6-11/h3-8,12,15H,9H2,1-2H3. The number of imidazole rings is 1. The van der Waals surface area contributed by atoms with Crippen LogP contribution in [0.15, 0.2) is 46.0 Å². The Morgan fingerprint density at radius 3 is 2.67 bits per heavy atom. The van der Waals surface area contributed by atoms with Crippen LogP contribution in [-0.4, -0.2) is 22.4 Å². The monoisotopic (exact) mass is 325 g/mol. The zero-order chi connectivity index (χ0) is 13.0. The van der Waals surface area contributed by atoms with E-state index in [1.807, 2.05) is 38.3 Å². The van der Waals surface area contributed by atoms with Crippen molar-refractivity contribution in [2.75, 3.05) is 12.8 Å². The number of nitrogens with one attached hydrogen (secondary N) is 1. The molecule has 2 rings (SSSR count). The lowest BCUT2D eigenvalue weighted by molar-refractivity contribution is 0.593. The summed E-state index contributed by atoms with van der Waals surface area (Å²) in [7, 11) is 4.00. The van der Waals surface area contributed by atoms with E-state index in [2.05, 4.69) is 55.1 Å². The van der Waals surface area contributed by atoms with Gasteiger partial charge in [0.1, 0.15) is 5.82 Å². The molecule has 0 aliphatic heterocycles. The van der Waals surface area contributed by atoms with Gasteiger partial charge in [0, 0.05) is 34.6 Å². The highest BCUT2D eigenvalue weighted by Crippen LogP contribution is 2.25. The minimum Gasteiger partial charge on any atom is -0.337 e. The van der Waals surface area contributed by atoms with E-state index in [9.17, 15) is 0 Å². The molecule has 0 amide bonds. The normalized spacial score (nSPS) is 12.6. The summed E-state index contributed by atoms with van der Waals surface area (Å²) in [5.41, 5.74) is 0. The van der Waals surface area contributed by atoms with Crippen LogP contribution in [0.1, 0.15) is 11.9 Å². The Bertz CT molecular complexity index is 495. The van der Waals surface area contributed by atoms with Crippen molar-refractivity contribution in [2.24, 2.45) is 7.05 Å². The van der Waals surface area contributed by atoms with Crippen LogP contribution in [0.25, 0.3) is 0 Å². The van der Waals surface area contributed by atoms with Gasteiger partial charge in [-0.3, -0.25) is 0 Å². The minimum absolute atomic E-state index is 0.263. The first kappa shape index (κ1) is 13.6. The van der Waals surface area contributed by atoms with Crippen molar-refractivity contribution < 1.29 is 0 Å². The second-order valence-electron chi connectivity index (χ2n) is 4.00. The van der Waals surface area contributed by atoms with E-state index >= 15 is 0 Å². The summed E-state index contributed by atoms with van der Waals surface area (Å²) < 4.78 is 3.17. The maximum Gasteiger partial charge on any atom is 0.126 e. The molecule has 0 fully saturated rings. The molecule has 1 N–H and O–H groups in total. The van der Waals surface area contributed by atoms with Crippen molar-refractivity contribution in [3.63, 3.8) is 0 Å². The van der Waals surface area contributed by atoms with Gasteiger partial charge in [-0.25, -0.2) is 4.98 Å². The molecule has 3 nitrogen and oxygen atoms in total. The number of thioether (sulfide) groups is 1.